The molecule has 1 aromatic heterocycles. The molecule has 0 bridgehead atoms. The number of hydrogen-bond donors (Lipinski definition) is 0. The average molecular weight is 245 g/mol. The van der Waals surface area contributed by atoms with Crippen molar-refractivity contribution in [2.75, 3.05) is 0 Å². The molecule has 0 radical (unpaired) electrons. The van der Waals surface area contributed by atoms with Gasteiger partial charge in [0.1, 0.15) is 0 Å². The van der Waals surface area contributed by atoms with Crippen LogP contribution in [0.1, 0.15) is 11.0 Å². The van der Waals surface area contributed by atoms with Crippen LogP contribution in [0.5, 0.6) is 0 Å². The van der Waals surface area contributed by atoms with Crippen molar-refractivity contribution in [1.82, 2.24) is 0 Å². The second-order valence-corrected chi connectivity index (χ2v) is 4.85. The van der Waals surface area contributed by atoms with Gasteiger partial charge in [0.25, 0.3) is 0 Å². The molecule has 4 heteroatoms. The first-order valence-corrected chi connectivity index (χ1v) is 5.01. The van der Waals surface area contributed by atoms with Crippen molar-refractivity contribution in [3.05, 3.63) is 32.9 Å². The standard InChI is InChI=1S/C8H5BrO2S/c9-7-3-2-6(12-7)5-1-4-8(10)11-5/h1-5H. The Labute approximate surface area is 82.0 Å². The highest BCUT2D eigenvalue weighted by molar-refractivity contribution is 9.11. The molecule has 0 saturated carbocycles. The fraction of sp³-hybridized carbons (Fsp3) is 0.125. The predicted octanol–water partition coefficient (Wildman–Crippen LogP) is 2.66. The van der Waals surface area contributed by atoms with Crippen LogP contribution >= 0.6 is 27.3 Å². The van der Waals surface area contributed by atoms with Crippen LogP contribution in [0.3, 0.4) is 0 Å². The predicted molar refractivity (Wildman–Crippen MR) is 50.0 cm³/mol. The Balaban J connectivity index is 2.22. The second-order valence-electron chi connectivity index (χ2n) is 2.36. The third-order valence-electron chi connectivity index (χ3n) is 1.52. The number of halogens is 1. The van der Waals surface area contributed by atoms with E-state index in [0.717, 1.165) is 8.66 Å². The molecular formula is C8H5BrO2S. The van der Waals surface area contributed by atoms with Gasteiger partial charge in [0.15, 0.2) is 6.10 Å². The second kappa shape index (κ2) is 3.03. The summed E-state index contributed by atoms with van der Waals surface area (Å²) < 4.78 is 6.05. The average Bonchev–Trinajstić information content (AvgIpc) is 2.58. The van der Waals surface area contributed by atoms with Crippen molar-refractivity contribution in [2.24, 2.45) is 0 Å². The van der Waals surface area contributed by atoms with Crippen LogP contribution in [0.2, 0.25) is 0 Å². The van der Waals surface area contributed by atoms with Gasteiger partial charge in [-0.15, -0.1) is 11.3 Å². The van der Waals surface area contributed by atoms with Crippen molar-refractivity contribution in [2.45, 2.75) is 6.10 Å². The van der Waals surface area contributed by atoms with E-state index in [4.69, 9.17) is 4.74 Å². The van der Waals surface area contributed by atoms with E-state index >= 15 is 0 Å². The van der Waals surface area contributed by atoms with Crippen molar-refractivity contribution in [3.63, 3.8) is 0 Å². The number of ether oxygens (including phenoxy) is 1. The molecule has 0 fully saturated rings. The van der Waals surface area contributed by atoms with Crippen molar-refractivity contribution in [1.29, 1.82) is 0 Å². The molecule has 0 N–H and O–H groups in total. The summed E-state index contributed by atoms with van der Waals surface area (Å²) in [7, 11) is 0. The number of esters is 1. The Morgan fingerprint density at radius 3 is 2.83 bits per heavy atom. The van der Waals surface area contributed by atoms with Gasteiger partial charge >= 0.3 is 5.97 Å². The first-order valence-electron chi connectivity index (χ1n) is 3.40. The Hall–Kier alpha value is -0.610. The molecule has 0 amide bonds. The maximum Gasteiger partial charge on any atom is 0.331 e. The van der Waals surface area contributed by atoms with Gasteiger partial charge < -0.3 is 4.74 Å². The molecule has 1 aliphatic rings. The summed E-state index contributed by atoms with van der Waals surface area (Å²) in [6, 6.07) is 3.89. The smallest absolute Gasteiger partial charge is 0.331 e. The largest absolute Gasteiger partial charge is 0.449 e. The van der Waals surface area contributed by atoms with Crippen LogP contribution in [0.4, 0.5) is 0 Å². The van der Waals surface area contributed by atoms with E-state index < -0.39 is 0 Å². The normalized spacial score (nSPS) is 21.4. The van der Waals surface area contributed by atoms with E-state index in [1.54, 1.807) is 17.4 Å². The molecular weight excluding hydrogens is 240 g/mol. The quantitative estimate of drug-likeness (QED) is 0.711. The topological polar surface area (TPSA) is 26.3 Å². The van der Waals surface area contributed by atoms with Gasteiger partial charge in [0.05, 0.1) is 8.66 Å². The number of cyclic esters (lactones) is 1. The molecule has 1 atom stereocenters. The van der Waals surface area contributed by atoms with Gasteiger partial charge in [-0.25, -0.2) is 4.79 Å². The van der Waals surface area contributed by atoms with Crippen LogP contribution in [0, 0.1) is 0 Å². The number of hydrogen-bond acceptors (Lipinski definition) is 3. The third kappa shape index (κ3) is 1.44. The highest BCUT2D eigenvalue weighted by Gasteiger charge is 2.19. The van der Waals surface area contributed by atoms with Crippen LogP contribution in [-0.4, -0.2) is 5.97 Å². The zero-order valence-corrected chi connectivity index (χ0v) is 8.39. The van der Waals surface area contributed by atoms with E-state index in [-0.39, 0.29) is 12.1 Å². The molecule has 2 rings (SSSR count). The minimum Gasteiger partial charge on any atom is -0.449 e. The Bertz CT molecular complexity index is 343. The zero-order chi connectivity index (χ0) is 8.55. The molecule has 1 aromatic rings. The fourth-order valence-corrected chi connectivity index (χ4v) is 2.44. The molecule has 0 aromatic carbocycles. The maximum absolute atomic E-state index is 10.7. The molecule has 1 unspecified atom stereocenters. The van der Waals surface area contributed by atoms with Gasteiger partial charge in [0.2, 0.25) is 0 Å². The summed E-state index contributed by atoms with van der Waals surface area (Å²) in [5, 5.41) is 0. The van der Waals surface area contributed by atoms with Crippen LogP contribution in [-0.2, 0) is 9.53 Å². The zero-order valence-electron chi connectivity index (χ0n) is 5.99. The maximum atomic E-state index is 10.7. The fourth-order valence-electron chi connectivity index (χ4n) is 1.00. The molecule has 62 valence electrons. The first kappa shape index (κ1) is 8.01. The molecule has 0 saturated heterocycles. The lowest BCUT2D eigenvalue weighted by Crippen LogP contribution is -1.97. The van der Waals surface area contributed by atoms with E-state index in [1.165, 1.54) is 6.08 Å². The highest BCUT2D eigenvalue weighted by atomic mass is 79.9. The van der Waals surface area contributed by atoms with E-state index in [1.807, 2.05) is 12.1 Å². The molecule has 2 heterocycles. The molecule has 0 spiro atoms. The third-order valence-corrected chi connectivity index (χ3v) is 3.21. The number of carbonyl (C=O) groups excluding carboxylic acids is 1. The molecule has 1 aliphatic heterocycles. The monoisotopic (exact) mass is 244 g/mol. The molecule has 0 aliphatic carbocycles. The van der Waals surface area contributed by atoms with Crippen LogP contribution in [0.15, 0.2) is 28.1 Å². The van der Waals surface area contributed by atoms with Gasteiger partial charge in [-0.2, -0.15) is 0 Å². The highest BCUT2D eigenvalue weighted by Crippen LogP contribution is 2.32. The lowest BCUT2D eigenvalue weighted by Gasteiger charge is -2.03. The summed E-state index contributed by atoms with van der Waals surface area (Å²) in [6.07, 6.45) is 3.05. The summed E-state index contributed by atoms with van der Waals surface area (Å²) in [5.41, 5.74) is 0. The number of rotatable bonds is 1. The van der Waals surface area contributed by atoms with Crippen LogP contribution in [0.25, 0.3) is 0 Å². The molecule has 12 heavy (non-hydrogen) atoms. The number of thiophene rings is 1. The van der Waals surface area contributed by atoms with Gasteiger partial charge in [0, 0.05) is 6.08 Å². The summed E-state index contributed by atoms with van der Waals surface area (Å²) >= 11 is 4.92. The molecule has 2 nitrogen and oxygen atoms in total. The summed E-state index contributed by atoms with van der Waals surface area (Å²) in [6.45, 7) is 0. The SMILES string of the molecule is O=C1C=CC(c2ccc(Br)s2)O1. The van der Waals surface area contributed by atoms with E-state index in [9.17, 15) is 4.79 Å². The Kier molecular flexibility index (Phi) is 2.02. The van der Waals surface area contributed by atoms with Crippen molar-refractivity contribution in [3.8, 4) is 0 Å². The Morgan fingerprint density at radius 2 is 2.33 bits per heavy atom. The van der Waals surface area contributed by atoms with Crippen LogP contribution < -0.4 is 0 Å². The van der Waals surface area contributed by atoms with Gasteiger partial charge in [-0.3, -0.25) is 0 Å². The number of carbonyl (C=O) groups is 1. The Morgan fingerprint density at radius 1 is 1.50 bits per heavy atom. The summed E-state index contributed by atoms with van der Waals surface area (Å²) in [5.74, 6) is -0.260. The summed E-state index contributed by atoms with van der Waals surface area (Å²) in [4.78, 5) is 11.8. The minimum atomic E-state index is -0.260. The lowest BCUT2D eigenvalue weighted by molar-refractivity contribution is -0.138. The van der Waals surface area contributed by atoms with Gasteiger partial charge in [-0.05, 0) is 34.1 Å². The minimum absolute atomic E-state index is 0.172. The van der Waals surface area contributed by atoms with Crippen molar-refractivity contribution >= 4 is 33.2 Å². The lowest BCUT2D eigenvalue weighted by atomic mass is 10.3. The van der Waals surface area contributed by atoms with Crippen molar-refractivity contribution < 1.29 is 9.53 Å². The first-order chi connectivity index (χ1) is 5.75. The van der Waals surface area contributed by atoms with E-state index in [2.05, 4.69) is 15.9 Å². The van der Waals surface area contributed by atoms with Gasteiger partial charge in [-0.1, -0.05) is 0 Å². The van der Waals surface area contributed by atoms with E-state index in [0.29, 0.717) is 0 Å².